The van der Waals surface area contributed by atoms with Gasteiger partial charge in [-0.05, 0) is 30.7 Å². The van der Waals surface area contributed by atoms with Crippen molar-refractivity contribution in [3.63, 3.8) is 0 Å². The topological polar surface area (TPSA) is 76.7 Å². The van der Waals surface area contributed by atoms with Crippen molar-refractivity contribution in [2.45, 2.75) is 13.0 Å². The molecule has 0 aliphatic carbocycles. The van der Waals surface area contributed by atoms with E-state index >= 15 is 0 Å². The molecule has 0 fully saturated rings. The van der Waals surface area contributed by atoms with Gasteiger partial charge in [-0.25, -0.2) is 9.97 Å². The van der Waals surface area contributed by atoms with E-state index < -0.39 is 0 Å². The number of nitrogen functional groups attached to an aromatic ring is 1. The maximum Gasteiger partial charge on any atom is 0.168 e. The van der Waals surface area contributed by atoms with Crippen LogP contribution in [-0.4, -0.2) is 22.8 Å². The van der Waals surface area contributed by atoms with Crippen LogP contribution in [0.25, 0.3) is 10.9 Å². The van der Waals surface area contributed by atoms with E-state index in [9.17, 15) is 0 Å². The molecule has 3 N–H and O–H groups in total. The Bertz CT molecular complexity index is 790. The fourth-order valence-electron chi connectivity index (χ4n) is 2.24. The predicted molar refractivity (Wildman–Crippen MR) is 88.4 cm³/mol. The van der Waals surface area contributed by atoms with Crippen molar-refractivity contribution in [3.05, 3.63) is 48.3 Å². The normalized spacial score (nSPS) is 12.2. The zero-order valence-electron chi connectivity index (χ0n) is 12.0. The summed E-state index contributed by atoms with van der Waals surface area (Å²) in [5.74, 6) is 1.03. The summed E-state index contributed by atoms with van der Waals surface area (Å²) in [5, 5.41) is 4.43. The first kappa shape index (κ1) is 13.4. The molecule has 5 nitrogen and oxygen atoms in total. The quantitative estimate of drug-likeness (QED) is 0.699. The Morgan fingerprint density at radius 1 is 1.24 bits per heavy atom. The first-order chi connectivity index (χ1) is 10.1. The Balaban J connectivity index is 1.89. The Hall–Kier alpha value is -2.63. The van der Waals surface area contributed by atoms with Gasteiger partial charge in [-0.15, -0.1) is 0 Å². The summed E-state index contributed by atoms with van der Waals surface area (Å²) in [4.78, 5) is 12.8. The minimum atomic E-state index is 0.0769. The number of benzene rings is 1. The Morgan fingerprint density at radius 3 is 2.95 bits per heavy atom. The van der Waals surface area contributed by atoms with Crippen LogP contribution in [0.1, 0.15) is 18.5 Å². The lowest BCUT2D eigenvalue weighted by Gasteiger charge is -2.16. The summed E-state index contributed by atoms with van der Waals surface area (Å²) in [6.07, 6.45) is 3.46. The minimum absolute atomic E-state index is 0.0769. The predicted octanol–water partition coefficient (Wildman–Crippen LogP) is 1.04. The number of aromatic nitrogens is 3. The molecule has 1 atom stereocenters. The number of nitrogens with zero attached hydrogens (tertiary/aromatic N) is 3. The van der Waals surface area contributed by atoms with Gasteiger partial charge >= 0.3 is 0 Å². The molecular weight excluding hydrogens is 261 g/mol. The van der Waals surface area contributed by atoms with Crippen molar-refractivity contribution >= 4 is 36.0 Å². The lowest BCUT2D eigenvalue weighted by atomic mass is 10.0. The number of rotatable bonds is 3. The third-order valence-electron chi connectivity index (χ3n) is 3.40. The molecule has 1 aromatic carbocycles. The second kappa shape index (κ2) is 5.40. The van der Waals surface area contributed by atoms with Crippen LogP contribution < -0.4 is 16.6 Å². The molecule has 0 bridgehead atoms. The SMILES string of the molecule is Bc1cnc(N)c(NC(C)c2ccc3ncccc3c2)n1. The van der Waals surface area contributed by atoms with E-state index in [0.29, 0.717) is 11.6 Å². The number of nitrogens with two attached hydrogens (primary N) is 1. The molecule has 0 aliphatic rings. The van der Waals surface area contributed by atoms with Crippen molar-refractivity contribution < 1.29 is 0 Å². The van der Waals surface area contributed by atoms with Gasteiger partial charge in [0.1, 0.15) is 0 Å². The highest BCUT2D eigenvalue weighted by molar-refractivity contribution is 6.30. The van der Waals surface area contributed by atoms with Gasteiger partial charge in [-0.3, -0.25) is 4.98 Å². The van der Waals surface area contributed by atoms with Gasteiger partial charge in [-0.2, -0.15) is 0 Å². The van der Waals surface area contributed by atoms with Crippen LogP contribution in [0.2, 0.25) is 0 Å². The van der Waals surface area contributed by atoms with Gasteiger partial charge in [0.05, 0.1) is 11.6 Å². The summed E-state index contributed by atoms with van der Waals surface area (Å²) in [5.41, 5.74) is 8.84. The molecule has 1 unspecified atom stereocenters. The fraction of sp³-hybridized carbons (Fsp3) is 0.133. The van der Waals surface area contributed by atoms with Gasteiger partial charge in [0, 0.05) is 23.4 Å². The van der Waals surface area contributed by atoms with E-state index in [-0.39, 0.29) is 6.04 Å². The lowest BCUT2D eigenvalue weighted by Crippen LogP contribution is -2.17. The van der Waals surface area contributed by atoms with Crippen LogP contribution in [0, 0.1) is 0 Å². The van der Waals surface area contributed by atoms with Crippen molar-refractivity contribution in [3.8, 4) is 0 Å². The van der Waals surface area contributed by atoms with Crippen LogP contribution in [0.15, 0.2) is 42.7 Å². The van der Waals surface area contributed by atoms with E-state index in [2.05, 4.69) is 45.4 Å². The monoisotopic (exact) mass is 277 g/mol. The van der Waals surface area contributed by atoms with Gasteiger partial charge in [0.15, 0.2) is 19.5 Å². The number of anilines is 2. The number of fused-ring (bicyclic) bond motifs is 1. The number of hydrogen-bond donors (Lipinski definition) is 2. The van der Waals surface area contributed by atoms with Crippen LogP contribution in [0.3, 0.4) is 0 Å². The number of hydrogen-bond acceptors (Lipinski definition) is 5. The summed E-state index contributed by atoms with van der Waals surface area (Å²) < 4.78 is 0. The first-order valence-corrected chi connectivity index (χ1v) is 6.84. The zero-order chi connectivity index (χ0) is 14.8. The van der Waals surface area contributed by atoms with Gasteiger partial charge in [0.25, 0.3) is 0 Å². The largest absolute Gasteiger partial charge is 0.381 e. The maximum absolute atomic E-state index is 5.86. The first-order valence-electron chi connectivity index (χ1n) is 6.84. The van der Waals surface area contributed by atoms with Crippen LogP contribution in [0.4, 0.5) is 11.6 Å². The molecule has 0 radical (unpaired) electrons. The van der Waals surface area contributed by atoms with Gasteiger partial charge in [0.2, 0.25) is 0 Å². The Labute approximate surface area is 124 Å². The molecule has 2 heterocycles. The smallest absolute Gasteiger partial charge is 0.168 e. The highest BCUT2D eigenvalue weighted by Crippen LogP contribution is 2.23. The van der Waals surface area contributed by atoms with Gasteiger partial charge in [-0.1, -0.05) is 12.1 Å². The second-order valence-corrected chi connectivity index (χ2v) is 5.07. The summed E-state index contributed by atoms with van der Waals surface area (Å²) in [7, 11) is 1.89. The highest BCUT2D eigenvalue weighted by atomic mass is 15.1. The lowest BCUT2D eigenvalue weighted by molar-refractivity contribution is 0.876. The molecule has 0 aliphatic heterocycles. The molecule has 104 valence electrons. The van der Waals surface area contributed by atoms with E-state index in [4.69, 9.17) is 5.73 Å². The summed E-state index contributed by atoms with van der Waals surface area (Å²) in [6, 6.07) is 10.3. The van der Waals surface area contributed by atoms with E-state index in [0.717, 1.165) is 22.1 Å². The van der Waals surface area contributed by atoms with Crippen molar-refractivity contribution in [1.82, 2.24) is 15.0 Å². The third-order valence-corrected chi connectivity index (χ3v) is 3.40. The van der Waals surface area contributed by atoms with Crippen molar-refractivity contribution in [2.75, 3.05) is 11.1 Å². The third kappa shape index (κ3) is 2.79. The van der Waals surface area contributed by atoms with E-state index in [1.54, 1.807) is 12.4 Å². The maximum atomic E-state index is 5.86. The number of nitrogens with one attached hydrogen (secondary N) is 1. The summed E-state index contributed by atoms with van der Waals surface area (Å²) >= 11 is 0. The molecular formula is C15H16BN5. The Kier molecular flexibility index (Phi) is 3.44. The molecule has 6 heteroatoms. The molecule has 0 spiro atoms. The Morgan fingerprint density at radius 2 is 2.10 bits per heavy atom. The summed E-state index contributed by atoms with van der Waals surface area (Å²) in [6.45, 7) is 2.07. The van der Waals surface area contributed by atoms with E-state index in [1.165, 1.54) is 0 Å². The molecule has 2 aromatic heterocycles. The highest BCUT2D eigenvalue weighted by Gasteiger charge is 2.10. The zero-order valence-corrected chi connectivity index (χ0v) is 12.0. The van der Waals surface area contributed by atoms with Crippen LogP contribution in [-0.2, 0) is 0 Å². The second-order valence-electron chi connectivity index (χ2n) is 5.07. The van der Waals surface area contributed by atoms with E-state index in [1.807, 2.05) is 20.0 Å². The molecule has 3 rings (SSSR count). The van der Waals surface area contributed by atoms with Gasteiger partial charge < -0.3 is 11.1 Å². The average Bonchev–Trinajstić information content (AvgIpc) is 2.50. The molecule has 0 saturated carbocycles. The van der Waals surface area contributed by atoms with Crippen LogP contribution >= 0.6 is 0 Å². The number of pyridine rings is 1. The minimum Gasteiger partial charge on any atom is -0.381 e. The van der Waals surface area contributed by atoms with Crippen molar-refractivity contribution in [1.29, 1.82) is 0 Å². The van der Waals surface area contributed by atoms with Crippen molar-refractivity contribution in [2.24, 2.45) is 0 Å². The van der Waals surface area contributed by atoms with Crippen LogP contribution in [0.5, 0.6) is 0 Å². The molecule has 21 heavy (non-hydrogen) atoms. The molecule has 3 aromatic rings. The fourth-order valence-corrected chi connectivity index (χ4v) is 2.24. The molecule has 0 amide bonds. The average molecular weight is 277 g/mol. The molecule has 0 saturated heterocycles. The standard InChI is InChI=1S/C15H16BN5/c1-9(20-15-14(17)19-8-13(16)21-15)10-4-5-12-11(7-10)3-2-6-18-12/h2-9H,16H2,1H3,(H2,17,19)(H,20,21).